The third-order valence-corrected chi connectivity index (χ3v) is 6.81. The maximum atomic E-state index is 12.7. The second-order valence-electron chi connectivity index (χ2n) is 9.50. The van der Waals surface area contributed by atoms with Crippen LogP contribution in [-0.4, -0.2) is 31.5 Å². The van der Waals surface area contributed by atoms with Crippen LogP contribution in [0.2, 0.25) is 0 Å². The lowest BCUT2D eigenvalue weighted by Gasteiger charge is -2.32. The van der Waals surface area contributed by atoms with Gasteiger partial charge in [-0.2, -0.15) is 8.78 Å². The first-order valence-corrected chi connectivity index (χ1v) is 10.7. The summed E-state index contributed by atoms with van der Waals surface area (Å²) in [7, 11) is -0.490. The number of benzene rings is 2. The Balaban J connectivity index is 1.75. The molecule has 0 saturated carbocycles. The Kier molecular flexibility index (Phi) is 5.50. The smallest absolute Gasteiger partial charge is 0.435 e. The summed E-state index contributed by atoms with van der Waals surface area (Å²) in [6.07, 6.45) is 1.97. The molecule has 170 valence electrons. The van der Waals surface area contributed by atoms with Gasteiger partial charge in [-0.25, -0.2) is 0 Å². The van der Waals surface area contributed by atoms with Crippen molar-refractivity contribution in [3.8, 4) is 5.75 Å². The Labute approximate surface area is 188 Å². The zero-order valence-corrected chi connectivity index (χ0v) is 19.0. The van der Waals surface area contributed by atoms with Gasteiger partial charge in [0.15, 0.2) is 0 Å². The molecule has 1 atom stereocenters. The van der Waals surface area contributed by atoms with E-state index in [0.717, 1.165) is 16.6 Å². The van der Waals surface area contributed by atoms with Crippen molar-refractivity contribution in [1.29, 1.82) is 0 Å². The van der Waals surface area contributed by atoms with Gasteiger partial charge in [0, 0.05) is 6.54 Å². The van der Waals surface area contributed by atoms with Crippen LogP contribution < -0.4 is 21.3 Å². The highest BCUT2D eigenvalue weighted by Gasteiger charge is 2.52. The van der Waals surface area contributed by atoms with Gasteiger partial charge in [0.1, 0.15) is 5.75 Å². The molecule has 0 radical (unpaired) electrons. The van der Waals surface area contributed by atoms with Crippen molar-refractivity contribution in [3.63, 3.8) is 0 Å². The molecule has 1 unspecified atom stereocenters. The summed E-state index contributed by atoms with van der Waals surface area (Å²) < 4.78 is 42.5. The Bertz CT molecular complexity index is 1040. The zero-order valence-electron chi connectivity index (χ0n) is 19.0. The fourth-order valence-corrected chi connectivity index (χ4v) is 4.24. The molecule has 0 spiro atoms. The number of hydrogen-bond donors (Lipinski definition) is 2. The number of nitrogens with one attached hydrogen (secondary N) is 1. The SMILES string of the molecule is Cc1cc(C2(c3cccc(B4OC(C)(C)C(C)(C)O4)c3)C=C(N)NC2)ccc1OC(F)F. The first-order chi connectivity index (χ1) is 14.9. The van der Waals surface area contributed by atoms with E-state index in [1.54, 1.807) is 13.0 Å². The Morgan fingerprint density at radius 2 is 1.69 bits per heavy atom. The van der Waals surface area contributed by atoms with Crippen LogP contribution >= 0.6 is 0 Å². The molecule has 4 rings (SSSR count). The number of halogens is 2. The molecule has 32 heavy (non-hydrogen) atoms. The van der Waals surface area contributed by atoms with E-state index in [0.29, 0.717) is 17.9 Å². The fourth-order valence-electron chi connectivity index (χ4n) is 4.24. The third-order valence-electron chi connectivity index (χ3n) is 6.81. The van der Waals surface area contributed by atoms with Gasteiger partial charge in [-0.15, -0.1) is 0 Å². The minimum Gasteiger partial charge on any atom is -0.435 e. The van der Waals surface area contributed by atoms with Gasteiger partial charge in [0.25, 0.3) is 0 Å². The van der Waals surface area contributed by atoms with E-state index in [-0.39, 0.29) is 5.75 Å². The highest BCUT2D eigenvalue weighted by Crippen LogP contribution is 2.40. The van der Waals surface area contributed by atoms with E-state index in [4.69, 9.17) is 15.0 Å². The van der Waals surface area contributed by atoms with Crippen LogP contribution in [0.25, 0.3) is 0 Å². The molecule has 3 N–H and O–H groups in total. The van der Waals surface area contributed by atoms with Gasteiger partial charge in [-0.3, -0.25) is 0 Å². The number of aryl methyl sites for hydroxylation is 1. The standard InChI is InChI=1S/C24H29BF2N2O3/c1-15-11-17(9-10-19(15)30-21(26)27)24(13-20(28)29-14-24)16-7-6-8-18(12-16)25-31-22(2,3)23(4,5)32-25/h6-13,21,29H,14,28H2,1-5H3. The summed E-state index contributed by atoms with van der Waals surface area (Å²) in [5.41, 5.74) is 8.14. The minimum absolute atomic E-state index is 0.160. The summed E-state index contributed by atoms with van der Waals surface area (Å²) >= 11 is 0. The third kappa shape index (κ3) is 3.86. The molecule has 2 aliphatic heterocycles. The highest BCUT2D eigenvalue weighted by atomic mass is 19.3. The Morgan fingerprint density at radius 3 is 2.25 bits per heavy atom. The van der Waals surface area contributed by atoms with Gasteiger partial charge < -0.3 is 25.1 Å². The minimum atomic E-state index is -2.87. The lowest BCUT2D eigenvalue weighted by Crippen LogP contribution is -2.41. The number of rotatable bonds is 5. The van der Waals surface area contributed by atoms with Crippen molar-refractivity contribution in [2.45, 2.75) is 57.8 Å². The van der Waals surface area contributed by atoms with Crippen molar-refractivity contribution in [2.24, 2.45) is 5.73 Å². The lowest BCUT2D eigenvalue weighted by atomic mass is 9.71. The Morgan fingerprint density at radius 1 is 1.03 bits per heavy atom. The quantitative estimate of drug-likeness (QED) is 0.694. The maximum Gasteiger partial charge on any atom is 0.494 e. The zero-order chi connectivity index (χ0) is 23.3. The molecule has 0 bridgehead atoms. The second kappa shape index (κ2) is 7.78. The first-order valence-electron chi connectivity index (χ1n) is 10.7. The highest BCUT2D eigenvalue weighted by molar-refractivity contribution is 6.62. The number of alkyl halides is 2. The van der Waals surface area contributed by atoms with E-state index in [9.17, 15) is 8.78 Å². The van der Waals surface area contributed by atoms with Gasteiger partial charge in [-0.1, -0.05) is 36.4 Å². The van der Waals surface area contributed by atoms with Crippen LogP contribution in [0, 0.1) is 6.92 Å². The monoisotopic (exact) mass is 442 g/mol. The second-order valence-corrected chi connectivity index (χ2v) is 9.50. The van der Waals surface area contributed by atoms with Crippen LogP contribution in [-0.2, 0) is 14.7 Å². The van der Waals surface area contributed by atoms with Crippen molar-refractivity contribution in [2.75, 3.05) is 6.54 Å². The molecule has 2 heterocycles. The van der Waals surface area contributed by atoms with Gasteiger partial charge in [0.05, 0.1) is 22.4 Å². The van der Waals surface area contributed by atoms with Crippen LogP contribution in [0.1, 0.15) is 44.4 Å². The van der Waals surface area contributed by atoms with Crippen LogP contribution in [0.15, 0.2) is 54.4 Å². The first kappa shape index (κ1) is 22.6. The predicted molar refractivity (Wildman–Crippen MR) is 121 cm³/mol. The molecule has 2 aromatic rings. The van der Waals surface area contributed by atoms with E-state index in [1.807, 2.05) is 64.1 Å². The average molecular weight is 442 g/mol. The van der Waals surface area contributed by atoms with Crippen LogP contribution in [0.5, 0.6) is 5.75 Å². The molecule has 5 nitrogen and oxygen atoms in total. The van der Waals surface area contributed by atoms with E-state index < -0.39 is 30.3 Å². The van der Waals surface area contributed by atoms with Crippen LogP contribution in [0.4, 0.5) is 8.78 Å². The molecule has 1 fully saturated rings. The Hall–Kier alpha value is -2.58. The molecular formula is C24H29BF2N2O3. The molecule has 8 heteroatoms. The normalized spacial score (nSPS) is 23.9. The molecule has 0 amide bonds. The van der Waals surface area contributed by atoms with E-state index in [1.165, 1.54) is 0 Å². The molecule has 0 aromatic heterocycles. The van der Waals surface area contributed by atoms with Crippen LogP contribution in [0.3, 0.4) is 0 Å². The van der Waals surface area contributed by atoms with Crippen molar-refractivity contribution in [3.05, 3.63) is 71.1 Å². The lowest BCUT2D eigenvalue weighted by molar-refractivity contribution is -0.0503. The van der Waals surface area contributed by atoms with Gasteiger partial charge in [0.2, 0.25) is 0 Å². The fraction of sp³-hybridized carbons (Fsp3) is 0.417. The number of hydrogen-bond acceptors (Lipinski definition) is 5. The average Bonchev–Trinajstić information content (AvgIpc) is 3.20. The maximum absolute atomic E-state index is 12.7. The predicted octanol–water partition coefficient (Wildman–Crippen LogP) is 3.59. The summed E-state index contributed by atoms with van der Waals surface area (Å²) in [6, 6.07) is 13.3. The molecule has 1 saturated heterocycles. The topological polar surface area (TPSA) is 65.7 Å². The molecule has 2 aromatic carbocycles. The van der Waals surface area contributed by atoms with E-state index >= 15 is 0 Å². The molecule has 0 aliphatic carbocycles. The largest absolute Gasteiger partial charge is 0.494 e. The van der Waals surface area contributed by atoms with Crippen molar-refractivity contribution < 1.29 is 22.8 Å². The van der Waals surface area contributed by atoms with Gasteiger partial charge >= 0.3 is 13.7 Å². The van der Waals surface area contributed by atoms with Crippen molar-refractivity contribution >= 4 is 12.6 Å². The molecular weight excluding hydrogens is 413 g/mol. The summed E-state index contributed by atoms with van der Waals surface area (Å²) in [5, 5.41) is 3.21. The summed E-state index contributed by atoms with van der Waals surface area (Å²) in [6.45, 7) is 7.52. The number of ether oxygens (including phenoxy) is 1. The van der Waals surface area contributed by atoms with E-state index in [2.05, 4.69) is 16.1 Å². The van der Waals surface area contributed by atoms with Crippen molar-refractivity contribution in [1.82, 2.24) is 5.32 Å². The molecule has 2 aliphatic rings. The summed E-state index contributed by atoms with van der Waals surface area (Å²) in [5.74, 6) is 0.726. The van der Waals surface area contributed by atoms with Gasteiger partial charge in [-0.05, 0) is 68.9 Å². The summed E-state index contributed by atoms with van der Waals surface area (Å²) in [4.78, 5) is 0. The number of nitrogens with two attached hydrogens (primary N) is 1.